The van der Waals surface area contributed by atoms with Gasteiger partial charge in [0.05, 0.1) is 0 Å². The fourth-order valence-electron chi connectivity index (χ4n) is 2.14. The molecule has 0 saturated heterocycles. The zero-order valence-corrected chi connectivity index (χ0v) is 14.6. The molecule has 6 heteroatoms. The van der Waals surface area contributed by atoms with Crippen LogP contribution in [0.1, 0.15) is 11.4 Å². The third-order valence-corrected chi connectivity index (χ3v) is 5.75. The van der Waals surface area contributed by atoms with Crippen LogP contribution >= 0.6 is 35.3 Å². The summed E-state index contributed by atoms with van der Waals surface area (Å²) in [5.74, 6) is 1.66. The van der Waals surface area contributed by atoms with Gasteiger partial charge in [-0.05, 0) is 24.7 Å². The van der Waals surface area contributed by atoms with Gasteiger partial charge in [0.2, 0.25) is 0 Å². The minimum absolute atomic E-state index is 0.679. The van der Waals surface area contributed by atoms with E-state index in [-0.39, 0.29) is 0 Å². The number of rotatable bonds is 5. The Morgan fingerprint density at radius 2 is 2.09 bits per heavy atom. The maximum atomic E-state index is 5.46. The second kappa shape index (κ2) is 6.73. The molecule has 0 N–H and O–H groups in total. The van der Waals surface area contributed by atoms with E-state index in [0.29, 0.717) is 6.54 Å². The highest BCUT2D eigenvalue weighted by atomic mass is 32.2. The lowest BCUT2D eigenvalue weighted by Gasteiger charge is -2.05. The van der Waals surface area contributed by atoms with Gasteiger partial charge in [-0.3, -0.25) is 0 Å². The Bertz CT molecular complexity index is 865. The highest BCUT2D eigenvalue weighted by Gasteiger charge is 2.13. The van der Waals surface area contributed by atoms with E-state index in [1.54, 1.807) is 23.1 Å². The Kier molecular flexibility index (Phi) is 4.71. The molecule has 0 bridgehead atoms. The smallest absolute Gasteiger partial charge is 0.163 e. The van der Waals surface area contributed by atoms with Gasteiger partial charge in [-0.15, -0.1) is 29.7 Å². The van der Waals surface area contributed by atoms with Crippen LogP contribution < -0.4 is 0 Å². The first-order valence-electron chi connectivity index (χ1n) is 6.84. The highest BCUT2D eigenvalue weighted by molar-refractivity contribution is 7.98. The number of aryl methyl sites for hydroxylation is 1. The lowest BCUT2D eigenvalue weighted by atomic mass is 10.2. The van der Waals surface area contributed by atoms with Crippen molar-refractivity contribution < 1.29 is 0 Å². The van der Waals surface area contributed by atoms with E-state index in [1.165, 1.54) is 5.56 Å². The lowest BCUT2D eigenvalue weighted by molar-refractivity contribution is 0.835. The topological polar surface area (TPSA) is 30.7 Å². The van der Waals surface area contributed by atoms with E-state index in [2.05, 4.69) is 40.8 Å². The van der Waals surface area contributed by atoms with Crippen LogP contribution in [-0.4, -0.2) is 14.5 Å². The molecule has 2 aromatic heterocycles. The minimum atomic E-state index is 0.679. The number of hydrogen-bond acceptors (Lipinski definition) is 5. The normalized spacial score (nSPS) is 11.0. The summed E-state index contributed by atoms with van der Waals surface area (Å²) in [6.07, 6.45) is 1.84. The third-order valence-electron chi connectivity index (χ3n) is 3.12. The second-order valence-corrected chi connectivity index (χ2v) is 7.38. The van der Waals surface area contributed by atoms with Crippen LogP contribution in [0.25, 0.3) is 10.3 Å². The number of thiazole rings is 1. The molecule has 0 aliphatic heterocycles. The van der Waals surface area contributed by atoms with Crippen LogP contribution in [-0.2, 0) is 12.3 Å². The predicted molar refractivity (Wildman–Crippen MR) is 97.2 cm³/mol. The van der Waals surface area contributed by atoms with Gasteiger partial charge in [-0.25, -0.2) is 9.97 Å². The number of benzene rings is 1. The van der Waals surface area contributed by atoms with Gasteiger partial charge in [0, 0.05) is 12.3 Å². The van der Waals surface area contributed by atoms with Crippen molar-refractivity contribution in [2.45, 2.75) is 24.2 Å². The van der Waals surface area contributed by atoms with Crippen molar-refractivity contribution in [2.24, 2.45) is 0 Å². The van der Waals surface area contributed by atoms with E-state index in [4.69, 9.17) is 12.2 Å². The summed E-state index contributed by atoms with van der Waals surface area (Å²) in [6.45, 7) is 6.39. The zero-order chi connectivity index (χ0) is 15.5. The SMILES string of the molecule is C=CCn1c(=S)sc2c(SCc3ccccc3)nc(C)nc21. The van der Waals surface area contributed by atoms with E-state index < -0.39 is 0 Å². The summed E-state index contributed by atoms with van der Waals surface area (Å²) < 4.78 is 3.90. The molecule has 1 aromatic carbocycles. The van der Waals surface area contributed by atoms with Gasteiger partial charge in [0.25, 0.3) is 0 Å². The number of nitrogens with zero attached hydrogens (tertiary/aromatic N) is 3. The van der Waals surface area contributed by atoms with Crippen molar-refractivity contribution in [1.29, 1.82) is 0 Å². The fraction of sp³-hybridized carbons (Fsp3) is 0.188. The first-order chi connectivity index (χ1) is 10.7. The van der Waals surface area contributed by atoms with Crippen LogP contribution in [0.3, 0.4) is 0 Å². The molecule has 0 radical (unpaired) electrons. The number of aromatic nitrogens is 3. The minimum Gasteiger partial charge on any atom is -0.304 e. The summed E-state index contributed by atoms with van der Waals surface area (Å²) >= 11 is 8.76. The summed E-state index contributed by atoms with van der Waals surface area (Å²) in [5, 5.41) is 1.00. The van der Waals surface area contributed by atoms with E-state index in [9.17, 15) is 0 Å². The summed E-state index contributed by atoms with van der Waals surface area (Å²) in [4.78, 5) is 9.17. The molecule has 0 fully saturated rings. The zero-order valence-electron chi connectivity index (χ0n) is 12.2. The Morgan fingerprint density at radius 1 is 1.32 bits per heavy atom. The summed E-state index contributed by atoms with van der Waals surface area (Å²) in [7, 11) is 0. The highest BCUT2D eigenvalue weighted by Crippen LogP contribution is 2.32. The Morgan fingerprint density at radius 3 is 2.82 bits per heavy atom. The maximum Gasteiger partial charge on any atom is 0.163 e. The van der Waals surface area contributed by atoms with E-state index in [1.807, 2.05) is 23.6 Å². The van der Waals surface area contributed by atoms with Gasteiger partial charge >= 0.3 is 0 Å². The molecule has 112 valence electrons. The average molecular weight is 346 g/mol. The van der Waals surface area contributed by atoms with E-state index >= 15 is 0 Å². The molecule has 0 aliphatic carbocycles. The van der Waals surface area contributed by atoms with Crippen LogP contribution in [0, 0.1) is 10.9 Å². The molecular formula is C16H15N3S3. The average Bonchev–Trinajstić information content (AvgIpc) is 2.83. The molecule has 3 rings (SSSR count). The number of hydrogen-bond donors (Lipinski definition) is 0. The Balaban J connectivity index is 2.00. The quantitative estimate of drug-likeness (QED) is 0.281. The van der Waals surface area contributed by atoms with Crippen LogP contribution in [0.2, 0.25) is 0 Å². The Labute approximate surface area is 142 Å². The maximum absolute atomic E-state index is 5.46. The molecule has 0 atom stereocenters. The monoisotopic (exact) mass is 345 g/mol. The molecule has 22 heavy (non-hydrogen) atoms. The van der Waals surface area contributed by atoms with Gasteiger partial charge in [0.1, 0.15) is 15.6 Å². The third kappa shape index (κ3) is 3.14. The summed E-state index contributed by atoms with van der Waals surface area (Å²) in [6, 6.07) is 10.4. The van der Waals surface area contributed by atoms with Gasteiger partial charge in [-0.1, -0.05) is 36.4 Å². The summed E-state index contributed by atoms with van der Waals surface area (Å²) in [5.41, 5.74) is 2.20. The molecule has 2 heterocycles. The fourth-order valence-corrected chi connectivity index (χ4v) is 4.59. The molecule has 0 unspecified atom stereocenters. The first-order valence-corrected chi connectivity index (χ1v) is 9.05. The molecule has 0 aliphatic rings. The van der Waals surface area contributed by atoms with Crippen LogP contribution in [0.4, 0.5) is 0 Å². The first kappa shape index (κ1) is 15.4. The molecule has 0 saturated carbocycles. The molecule has 3 aromatic rings. The van der Waals surface area contributed by atoms with Crippen molar-refractivity contribution in [1.82, 2.24) is 14.5 Å². The predicted octanol–water partition coefficient (Wildman–Crippen LogP) is 5.01. The molecule has 3 nitrogen and oxygen atoms in total. The molecule has 0 amide bonds. The number of fused-ring (bicyclic) bond motifs is 1. The van der Waals surface area contributed by atoms with Crippen molar-refractivity contribution in [3.8, 4) is 0 Å². The number of thioether (sulfide) groups is 1. The molecule has 0 spiro atoms. The molecular weight excluding hydrogens is 330 g/mol. The van der Waals surface area contributed by atoms with Crippen molar-refractivity contribution >= 4 is 45.7 Å². The Hall–Kier alpha value is -1.50. The van der Waals surface area contributed by atoms with Gasteiger partial charge in [0.15, 0.2) is 9.60 Å². The lowest BCUT2D eigenvalue weighted by Crippen LogP contribution is -1.99. The van der Waals surface area contributed by atoms with Crippen molar-refractivity contribution in [3.05, 3.63) is 58.3 Å². The van der Waals surface area contributed by atoms with Crippen molar-refractivity contribution in [3.63, 3.8) is 0 Å². The van der Waals surface area contributed by atoms with Gasteiger partial charge < -0.3 is 4.57 Å². The number of allylic oxidation sites excluding steroid dienone is 1. The van der Waals surface area contributed by atoms with Crippen molar-refractivity contribution in [2.75, 3.05) is 0 Å². The largest absolute Gasteiger partial charge is 0.304 e. The van der Waals surface area contributed by atoms with Gasteiger partial charge in [-0.2, -0.15) is 0 Å². The second-order valence-electron chi connectivity index (χ2n) is 4.77. The standard InChI is InChI=1S/C16H15N3S3/c1-3-9-19-14-13(22-16(19)20)15(18-11(2)17-14)21-10-12-7-5-4-6-8-12/h3-8H,1,9-10H2,2H3. The van der Waals surface area contributed by atoms with E-state index in [0.717, 1.165) is 30.9 Å². The van der Waals surface area contributed by atoms with Crippen LogP contribution in [0.15, 0.2) is 48.0 Å². The van der Waals surface area contributed by atoms with Crippen LogP contribution in [0.5, 0.6) is 0 Å².